The standard InChI is InChI=1S/C80H107N21O13/c1-54-15-17-56-21-27-62(95-75(56)89-54)93-73(111)35-50-100(48-33-69(107)87-52-60-25-19-58-23-29-71(109)97-77(58)91-60)44-10-41-83-64(102)12-6-37-81-67(105)31-46-99(43-9-40-85-66(104)14-8-39-86-79(113)114-80(3,4)5)47-32-68(106)82-38-7-13-65(103)84-42-11-45-101(51-36-74(112)94-63-28-22-57-18-16-55(2)90-76(57)96-63)49-34-70(108)88-53-61-26-20-59-24-30-72(110)98-78(59)92-61/h15-30H,6-14,31-53H2,1-5H3,(H,81,105)(H,82,106)(H,83,102)(H,84,103)(H,85,104)(H,86,113)(H,87,107)(H,88,108)(H,91,97,109)(H,92,98,110)(H,89,93,95,111)(H,90,94,96,112). The van der Waals surface area contributed by atoms with Gasteiger partial charge in [0.05, 0.1) is 24.5 Å². The molecular formula is C80H107N21O13. The Hall–Kier alpha value is -11.8. The zero-order chi connectivity index (χ0) is 81.6. The summed E-state index contributed by atoms with van der Waals surface area (Å²) in [4.78, 5) is 192. The Balaban J connectivity index is 0.735. The van der Waals surface area contributed by atoms with Gasteiger partial charge in [-0.3, -0.25) is 52.7 Å². The molecule has 0 saturated heterocycles. The second-order valence-corrected chi connectivity index (χ2v) is 28.7. The number of rotatable bonds is 48. The van der Waals surface area contributed by atoms with Gasteiger partial charge in [0.15, 0.2) is 11.3 Å². The fourth-order valence-corrected chi connectivity index (χ4v) is 11.9. The minimum Gasteiger partial charge on any atom is -0.444 e. The summed E-state index contributed by atoms with van der Waals surface area (Å²) in [6.45, 7) is 14.2. The van der Waals surface area contributed by atoms with E-state index in [1.54, 1.807) is 57.2 Å². The highest BCUT2D eigenvalue weighted by atomic mass is 16.6. The predicted octanol–water partition coefficient (Wildman–Crippen LogP) is 4.74. The van der Waals surface area contributed by atoms with Crippen LogP contribution in [0.5, 0.6) is 0 Å². The Morgan fingerprint density at radius 2 is 0.640 bits per heavy atom. The van der Waals surface area contributed by atoms with Gasteiger partial charge in [0.2, 0.25) is 64.3 Å². The number of anilines is 2. The highest BCUT2D eigenvalue weighted by Gasteiger charge is 2.20. The third-order valence-corrected chi connectivity index (χ3v) is 18.0. The monoisotopic (exact) mass is 1570 g/mol. The summed E-state index contributed by atoms with van der Waals surface area (Å²) in [6.07, 6.45) is 3.16. The van der Waals surface area contributed by atoms with Gasteiger partial charge in [-0.15, -0.1) is 0 Å². The van der Waals surface area contributed by atoms with Gasteiger partial charge < -0.3 is 82.6 Å². The molecule has 0 fully saturated rings. The van der Waals surface area contributed by atoms with Crippen molar-refractivity contribution in [3.05, 3.63) is 141 Å². The first kappa shape index (κ1) is 87.8. The van der Waals surface area contributed by atoms with Crippen LogP contribution in [0.15, 0.2) is 107 Å². The third-order valence-electron chi connectivity index (χ3n) is 18.0. The van der Waals surface area contributed by atoms with E-state index in [9.17, 15) is 57.5 Å². The number of carbonyl (C=O) groups is 10. The molecule has 0 aliphatic rings. The maximum Gasteiger partial charge on any atom is 0.407 e. The van der Waals surface area contributed by atoms with Crippen LogP contribution >= 0.6 is 0 Å². The fourth-order valence-electron chi connectivity index (χ4n) is 11.9. The second-order valence-electron chi connectivity index (χ2n) is 28.7. The molecule has 0 unspecified atom stereocenters. The van der Waals surface area contributed by atoms with Crippen LogP contribution in [0.1, 0.15) is 140 Å². The largest absolute Gasteiger partial charge is 0.444 e. The number of aromatic nitrogens is 8. The van der Waals surface area contributed by atoms with Crippen LogP contribution < -0.4 is 64.3 Å². The van der Waals surface area contributed by atoms with E-state index in [1.165, 1.54) is 12.1 Å². The SMILES string of the molecule is Cc1ccc2ccc(NC(=O)CCN(CCCNC(=O)CCCNC(=O)CCN(CCCNC(=O)CCCNC(=O)OC(C)(C)C)CCC(=O)NCCCC(=O)NCCCN(CCC(=O)NCc3ccc4ccc(=O)[nH]c4n3)CCC(=O)Nc3ccc4ccc(C)nc4n3)CCC(=O)NCc3ccc4ccc(=O)[nH]c4n3)nc2n1. The summed E-state index contributed by atoms with van der Waals surface area (Å²) in [5.74, 6) is -1.43. The molecule has 34 nitrogen and oxygen atoms in total. The van der Waals surface area contributed by atoms with Gasteiger partial charge in [0, 0.05) is 181 Å². The van der Waals surface area contributed by atoms with Crippen LogP contribution in [0.2, 0.25) is 0 Å². The molecule has 0 saturated carbocycles. The number of aromatic amines is 2. The van der Waals surface area contributed by atoms with Crippen molar-refractivity contribution < 1.29 is 52.7 Å². The minimum absolute atomic E-state index is 0.0918. The quantitative estimate of drug-likeness (QED) is 0.0229. The third kappa shape index (κ3) is 33.7. The molecule has 0 aliphatic carbocycles. The van der Waals surface area contributed by atoms with E-state index in [4.69, 9.17) is 4.74 Å². The van der Waals surface area contributed by atoms with E-state index in [1.807, 2.05) is 77.1 Å². The van der Waals surface area contributed by atoms with Crippen LogP contribution in [0.25, 0.3) is 44.1 Å². The van der Waals surface area contributed by atoms with E-state index >= 15 is 0 Å². The van der Waals surface area contributed by atoms with Gasteiger partial charge in [-0.1, -0.05) is 0 Å². The van der Waals surface area contributed by atoms with Crippen LogP contribution in [-0.4, -0.2) is 218 Å². The van der Waals surface area contributed by atoms with Gasteiger partial charge >= 0.3 is 6.09 Å². The summed E-state index contributed by atoms with van der Waals surface area (Å²) in [5, 5.41) is 31.8. The lowest BCUT2D eigenvalue weighted by Crippen LogP contribution is -2.37. The normalized spacial score (nSPS) is 11.4. The number of nitrogens with one attached hydrogen (secondary N) is 12. The number of ether oxygens (including phenoxy) is 1. The lowest BCUT2D eigenvalue weighted by molar-refractivity contribution is -0.123. The number of carbonyl (C=O) groups excluding carboxylic acids is 10. The highest BCUT2D eigenvalue weighted by Crippen LogP contribution is 2.18. The Labute approximate surface area is 660 Å². The number of nitrogens with zero attached hydrogens (tertiary/aromatic N) is 9. The molecule has 12 N–H and O–H groups in total. The average molecular weight is 1570 g/mol. The van der Waals surface area contributed by atoms with Gasteiger partial charge in [-0.25, -0.2) is 34.7 Å². The van der Waals surface area contributed by atoms with Crippen molar-refractivity contribution >= 4 is 115 Å². The molecule has 8 aromatic heterocycles. The first-order valence-corrected chi connectivity index (χ1v) is 38.9. The van der Waals surface area contributed by atoms with Gasteiger partial charge in [0.25, 0.3) is 0 Å². The smallest absolute Gasteiger partial charge is 0.407 e. The zero-order valence-corrected chi connectivity index (χ0v) is 65.7. The van der Waals surface area contributed by atoms with Crippen molar-refractivity contribution in [1.29, 1.82) is 0 Å². The molecule has 10 amide bonds. The van der Waals surface area contributed by atoms with Crippen molar-refractivity contribution in [3.63, 3.8) is 0 Å². The molecule has 0 spiro atoms. The molecule has 8 aromatic rings. The van der Waals surface area contributed by atoms with Crippen molar-refractivity contribution in [2.45, 2.75) is 150 Å². The summed E-state index contributed by atoms with van der Waals surface area (Å²) < 4.78 is 5.25. The lowest BCUT2D eigenvalue weighted by Gasteiger charge is -2.22. The Bertz CT molecular complexity index is 4460. The van der Waals surface area contributed by atoms with E-state index in [2.05, 4.69) is 93.0 Å². The van der Waals surface area contributed by atoms with Crippen molar-refractivity contribution in [2.75, 3.05) is 109 Å². The highest BCUT2D eigenvalue weighted by molar-refractivity contribution is 5.92. The Morgan fingerprint density at radius 3 is 1.01 bits per heavy atom. The molecule has 610 valence electrons. The molecule has 0 radical (unpaired) electrons. The molecule has 34 heteroatoms. The first-order valence-electron chi connectivity index (χ1n) is 38.9. The van der Waals surface area contributed by atoms with Crippen molar-refractivity contribution in [3.8, 4) is 0 Å². The zero-order valence-electron chi connectivity index (χ0n) is 65.7. The molecule has 114 heavy (non-hydrogen) atoms. The number of hydrogen-bond donors (Lipinski definition) is 12. The maximum absolute atomic E-state index is 13.2. The molecule has 8 rings (SSSR count). The van der Waals surface area contributed by atoms with Gasteiger partial charge in [-0.05, 0) is 178 Å². The molecule has 0 aromatic carbocycles. The van der Waals surface area contributed by atoms with E-state index in [0.29, 0.717) is 163 Å². The first-order chi connectivity index (χ1) is 54.8. The van der Waals surface area contributed by atoms with Crippen LogP contribution in [0.4, 0.5) is 16.4 Å². The molecule has 0 atom stereocenters. The number of hydrogen-bond acceptors (Lipinski definition) is 22. The fraction of sp³-hybridized carbons (Fsp3) is 0.475. The van der Waals surface area contributed by atoms with Gasteiger partial charge in [-0.2, -0.15) is 0 Å². The average Bonchev–Trinajstić information content (AvgIpc) is 0.848. The summed E-state index contributed by atoms with van der Waals surface area (Å²) in [7, 11) is 0. The number of amides is 10. The number of fused-ring (bicyclic) bond motifs is 4. The Morgan fingerprint density at radius 1 is 0.333 bits per heavy atom. The predicted molar refractivity (Wildman–Crippen MR) is 432 cm³/mol. The summed E-state index contributed by atoms with van der Waals surface area (Å²) >= 11 is 0. The molecule has 0 bridgehead atoms. The van der Waals surface area contributed by atoms with Crippen LogP contribution in [0.3, 0.4) is 0 Å². The second kappa shape index (κ2) is 46.3. The molecule has 0 aliphatic heterocycles. The molecule has 8 heterocycles. The van der Waals surface area contributed by atoms with Crippen molar-refractivity contribution in [1.82, 2.24) is 97.1 Å². The maximum atomic E-state index is 13.2. The number of aryl methyl sites for hydroxylation is 2. The Kier molecular flexibility index (Phi) is 35.6. The summed E-state index contributed by atoms with van der Waals surface area (Å²) in [6, 6.07) is 28.0. The summed E-state index contributed by atoms with van der Waals surface area (Å²) in [5.41, 5.74) is 3.34. The lowest BCUT2D eigenvalue weighted by atomic mass is 10.2. The van der Waals surface area contributed by atoms with E-state index in [-0.39, 0.29) is 155 Å². The minimum atomic E-state index is -0.654. The van der Waals surface area contributed by atoms with E-state index < -0.39 is 11.7 Å². The number of alkyl carbamates (subject to hydrolysis) is 1. The van der Waals surface area contributed by atoms with Crippen LogP contribution in [0, 0.1) is 13.8 Å². The molecular weight excluding hydrogens is 1460 g/mol. The van der Waals surface area contributed by atoms with Crippen molar-refractivity contribution in [2.24, 2.45) is 0 Å². The number of pyridine rings is 8. The van der Waals surface area contributed by atoms with Crippen LogP contribution in [-0.2, 0) is 61.0 Å². The van der Waals surface area contributed by atoms with Gasteiger partial charge in [0.1, 0.15) is 28.5 Å². The van der Waals surface area contributed by atoms with E-state index in [0.717, 1.165) is 32.9 Å². The topological polar surface area (TPSA) is 453 Å². The number of H-pyrrole nitrogens is 2.